The van der Waals surface area contributed by atoms with Gasteiger partial charge in [0, 0.05) is 24.2 Å². The van der Waals surface area contributed by atoms with E-state index in [1.165, 1.54) is 0 Å². The fourth-order valence-corrected chi connectivity index (χ4v) is 3.09. The van der Waals surface area contributed by atoms with Crippen molar-refractivity contribution >= 4 is 17.5 Å². The number of hydrogen-bond donors (Lipinski definition) is 2. The number of benzene rings is 3. The molecule has 3 aromatic carbocycles. The van der Waals surface area contributed by atoms with Crippen molar-refractivity contribution in [3.05, 3.63) is 90.0 Å². The molecule has 6 nitrogen and oxygen atoms in total. The molecule has 164 valence electrons. The predicted octanol–water partition coefficient (Wildman–Crippen LogP) is 4.31. The highest BCUT2D eigenvalue weighted by Crippen LogP contribution is 2.30. The van der Waals surface area contributed by atoms with Crippen molar-refractivity contribution in [2.75, 3.05) is 11.9 Å². The van der Waals surface area contributed by atoms with Crippen LogP contribution in [0.4, 0.5) is 5.69 Å². The Morgan fingerprint density at radius 2 is 1.53 bits per heavy atom. The third-order valence-corrected chi connectivity index (χ3v) is 5.08. The van der Waals surface area contributed by atoms with E-state index in [0.717, 1.165) is 29.7 Å². The summed E-state index contributed by atoms with van der Waals surface area (Å²) in [5.74, 6) is 1.33. The van der Waals surface area contributed by atoms with Gasteiger partial charge < -0.3 is 20.1 Å². The summed E-state index contributed by atoms with van der Waals surface area (Å²) in [7, 11) is 0. The van der Waals surface area contributed by atoms with E-state index in [0.29, 0.717) is 24.6 Å². The molecule has 4 rings (SSSR count). The summed E-state index contributed by atoms with van der Waals surface area (Å²) in [5, 5.41) is 5.72. The van der Waals surface area contributed by atoms with Gasteiger partial charge in [0.1, 0.15) is 18.1 Å². The normalized spacial score (nSPS) is 12.6. The van der Waals surface area contributed by atoms with Crippen molar-refractivity contribution in [3.63, 3.8) is 0 Å². The molecular weight excluding hydrogens is 404 g/mol. The molecular formula is C26H26N2O4. The van der Waals surface area contributed by atoms with Crippen LogP contribution in [0, 0.1) is 5.92 Å². The van der Waals surface area contributed by atoms with E-state index in [2.05, 4.69) is 10.6 Å². The number of amides is 2. The number of rotatable bonds is 10. The minimum Gasteiger partial charge on any atom is -0.489 e. The fraction of sp³-hybridized carbons (Fsp3) is 0.231. The zero-order valence-corrected chi connectivity index (χ0v) is 17.8. The van der Waals surface area contributed by atoms with Crippen LogP contribution in [0.5, 0.6) is 11.5 Å². The van der Waals surface area contributed by atoms with Gasteiger partial charge in [0.2, 0.25) is 5.91 Å². The number of anilines is 1. The summed E-state index contributed by atoms with van der Waals surface area (Å²) < 4.78 is 11.3. The van der Waals surface area contributed by atoms with Crippen LogP contribution in [-0.4, -0.2) is 18.4 Å². The average Bonchev–Trinajstić information content (AvgIpc) is 3.67. The molecule has 1 aliphatic carbocycles. The van der Waals surface area contributed by atoms with Gasteiger partial charge in [-0.25, -0.2) is 0 Å². The van der Waals surface area contributed by atoms with Gasteiger partial charge in [0.05, 0.1) is 0 Å². The third-order valence-electron chi connectivity index (χ3n) is 5.08. The fourth-order valence-electron chi connectivity index (χ4n) is 3.09. The molecule has 0 radical (unpaired) electrons. The van der Waals surface area contributed by atoms with Gasteiger partial charge in [0.15, 0.2) is 6.61 Å². The standard InChI is InChI=1S/C26H26N2O4/c29-25(18-32-24-8-4-5-22(15-24)28-26(30)21-13-14-21)27-16-19-9-11-20(12-10-19)17-31-23-6-2-1-3-7-23/h1-12,15,21H,13-14,16-18H2,(H,27,29)(H,28,30). The van der Waals surface area contributed by atoms with Crippen molar-refractivity contribution in [3.8, 4) is 11.5 Å². The quantitative estimate of drug-likeness (QED) is 0.503. The van der Waals surface area contributed by atoms with Crippen LogP contribution in [0.15, 0.2) is 78.9 Å². The van der Waals surface area contributed by atoms with E-state index < -0.39 is 0 Å². The first-order chi connectivity index (χ1) is 15.7. The van der Waals surface area contributed by atoms with E-state index in [4.69, 9.17) is 9.47 Å². The number of hydrogen-bond acceptors (Lipinski definition) is 4. The second kappa shape index (κ2) is 10.5. The second-order valence-corrected chi connectivity index (χ2v) is 7.77. The largest absolute Gasteiger partial charge is 0.489 e. The first-order valence-corrected chi connectivity index (χ1v) is 10.7. The highest BCUT2D eigenvalue weighted by molar-refractivity contribution is 5.94. The molecule has 6 heteroatoms. The lowest BCUT2D eigenvalue weighted by atomic mass is 10.1. The van der Waals surface area contributed by atoms with Gasteiger partial charge >= 0.3 is 0 Å². The predicted molar refractivity (Wildman–Crippen MR) is 122 cm³/mol. The van der Waals surface area contributed by atoms with Crippen LogP contribution in [0.1, 0.15) is 24.0 Å². The molecule has 1 saturated carbocycles. The molecule has 0 bridgehead atoms. The number of ether oxygens (including phenoxy) is 2. The molecule has 0 saturated heterocycles. The van der Waals surface area contributed by atoms with Gasteiger partial charge in [-0.1, -0.05) is 48.5 Å². The first kappa shape index (κ1) is 21.4. The van der Waals surface area contributed by atoms with Gasteiger partial charge in [-0.3, -0.25) is 9.59 Å². The molecule has 0 aromatic heterocycles. The molecule has 1 fully saturated rings. The Bertz CT molecular complexity index is 1050. The van der Waals surface area contributed by atoms with Crippen LogP contribution >= 0.6 is 0 Å². The van der Waals surface area contributed by atoms with Gasteiger partial charge in [-0.2, -0.15) is 0 Å². The minimum absolute atomic E-state index is 0.0394. The molecule has 0 spiro atoms. The van der Waals surface area contributed by atoms with Gasteiger partial charge in [0.25, 0.3) is 5.91 Å². The molecule has 32 heavy (non-hydrogen) atoms. The summed E-state index contributed by atoms with van der Waals surface area (Å²) in [5.41, 5.74) is 2.73. The summed E-state index contributed by atoms with van der Waals surface area (Å²) in [6.07, 6.45) is 1.90. The average molecular weight is 431 g/mol. The van der Waals surface area contributed by atoms with E-state index in [9.17, 15) is 9.59 Å². The van der Waals surface area contributed by atoms with Gasteiger partial charge in [-0.15, -0.1) is 0 Å². The van der Waals surface area contributed by atoms with Crippen LogP contribution in [0.3, 0.4) is 0 Å². The monoisotopic (exact) mass is 430 g/mol. The Morgan fingerprint density at radius 3 is 2.28 bits per heavy atom. The Labute approximate surface area is 187 Å². The molecule has 0 aliphatic heterocycles. The number of nitrogens with one attached hydrogen (secondary N) is 2. The third kappa shape index (κ3) is 6.60. The molecule has 3 aromatic rings. The number of carbonyl (C=O) groups excluding carboxylic acids is 2. The number of carbonyl (C=O) groups is 2. The van der Waals surface area contributed by atoms with Crippen LogP contribution < -0.4 is 20.1 Å². The Hall–Kier alpha value is -3.80. The molecule has 0 unspecified atom stereocenters. The summed E-state index contributed by atoms with van der Waals surface area (Å²) in [4.78, 5) is 24.0. The lowest BCUT2D eigenvalue weighted by Gasteiger charge is -2.10. The van der Waals surface area contributed by atoms with Crippen molar-refractivity contribution < 1.29 is 19.1 Å². The lowest BCUT2D eigenvalue weighted by molar-refractivity contribution is -0.123. The Kier molecular flexibility index (Phi) is 7.02. The van der Waals surface area contributed by atoms with Crippen molar-refractivity contribution in [2.24, 2.45) is 5.92 Å². The lowest BCUT2D eigenvalue weighted by Crippen LogP contribution is -2.28. The van der Waals surface area contributed by atoms with Crippen LogP contribution in [-0.2, 0) is 22.7 Å². The highest BCUT2D eigenvalue weighted by atomic mass is 16.5. The molecule has 2 N–H and O–H groups in total. The Balaban J connectivity index is 1.18. The number of para-hydroxylation sites is 1. The molecule has 2 amide bonds. The maximum Gasteiger partial charge on any atom is 0.258 e. The zero-order valence-electron chi connectivity index (χ0n) is 17.8. The van der Waals surface area contributed by atoms with E-state index in [-0.39, 0.29) is 24.3 Å². The smallest absolute Gasteiger partial charge is 0.258 e. The minimum atomic E-state index is -0.214. The first-order valence-electron chi connectivity index (χ1n) is 10.7. The van der Waals surface area contributed by atoms with E-state index in [1.807, 2.05) is 60.7 Å². The van der Waals surface area contributed by atoms with Crippen molar-refractivity contribution in [1.29, 1.82) is 0 Å². The molecule has 1 aliphatic rings. The van der Waals surface area contributed by atoms with Crippen LogP contribution in [0.2, 0.25) is 0 Å². The Morgan fingerprint density at radius 1 is 0.812 bits per heavy atom. The second-order valence-electron chi connectivity index (χ2n) is 7.77. The topological polar surface area (TPSA) is 76.7 Å². The summed E-state index contributed by atoms with van der Waals surface area (Å²) in [6.45, 7) is 0.813. The summed E-state index contributed by atoms with van der Waals surface area (Å²) in [6, 6.07) is 24.7. The van der Waals surface area contributed by atoms with E-state index >= 15 is 0 Å². The van der Waals surface area contributed by atoms with E-state index in [1.54, 1.807) is 18.2 Å². The maximum atomic E-state index is 12.2. The van der Waals surface area contributed by atoms with Crippen LogP contribution in [0.25, 0.3) is 0 Å². The summed E-state index contributed by atoms with van der Waals surface area (Å²) >= 11 is 0. The van der Waals surface area contributed by atoms with Gasteiger partial charge in [-0.05, 0) is 48.2 Å². The SMILES string of the molecule is O=C(COc1cccc(NC(=O)C2CC2)c1)NCc1ccc(COc2ccccc2)cc1. The highest BCUT2D eigenvalue weighted by Gasteiger charge is 2.29. The zero-order chi connectivity index (χ0) is 22.2. The van der Waals surface area contributed by atoms with Crippen molar-refractivity contribution in [1.82, 2.24) is 5.32 Å². The molecule has 0 heterocycles. The van der Waals surface area contributed by atoms with Crippen molar-refractivity contribution in [2.45, 2.75) is 26.0 Å². The maximum absolute atomic E-state index is 12.2. The molecule has 0 atom stereocenters.